The molecule has 4 N–H and O–H groups in total. The van der Waals surface area contributed by atoms with Gasteiger partial charge >= 0.3 is 0 Å². The van der Waals surface area contributed by atoms with E-state index in [9.17, 15) is 23.1 Å². The summed E-state index contributed by atoms with van der Waals surface area (Å²) in [5, 5.41) is 24.5. The molecule has 2 aliphatic rings. The molecule has 2 aromatic heterocycles. The Kier molecular flexibility index (Phi) is 7.87. The highest BCUT2D eigenvalue weighted by atomic mass is 19.1. The van der Waals surface area contributed by atoms with Gasteiger partial charge < -0.3 is 25.4 Å². The number of nitrogens with zero attached hydrogens (tertiary/aromatic N) is 4. The number of aliphatic hydroxyl groups excluding tert-OH is 2. The number of aromatic nitrogens is 3. The molecular weight excluding hydrogens is 513 g/mol. The number of pyridine rings is 1. The van der Waals surface area contributed by atoms with Crippen LogP contribution in [0.5, 0.6) is 0 Å². The first kappa shape index (κ1) is 27.1. The van der Waals surface area contributed by atoms with Crippen molar-refractivity contribution in [2.75, 3.05) is 31.6 Å². The maximum absolute atomic E-state index is 14.8. The summed E-state index contributed by atoms with van der Waals surface area (Å²) in [5.41, 5.74) is 1.81. The van der Waals surface area contributed by atoms with Gasteiger partial charge in [0.2, 0.25) is 5.95 Å². The van der Waals surface area contributed by atoms with E-state index in [0.717, 1.165) is 12.8 Å². The SMILES string of the molecule is Cc1cc(F)c(C(=O)NC2CC2)cc1-n1cnc(-c2cc(NC3CCN(C[C@H](O)CO)C[C@H]3F)cnc2F)c1. The van der Waals surface area contributed by atoms with Crippen LogP contribution in [0.2, 0.25) is 0 Å². The molecule has 1 aromatic carbocycles. The molecule has 1 saturated carbocycles. The van der Waals surface area contributed by atoms with Gasteiger partial charge in [0.25, 0.3) is 5.91 Å². The number of nitrogens with one attached hydrogen (secondary N) is 2. The normalized spacial score (nSPS) is 20.6. The molecular formula is C27H31F3N6O3. The van der Waals surface area contributed by atoms with Crippen molar-refractivity contribution in [3.05, 3.63) is 59.8 Å². The highest BCUT2D eigenvalue weighted by Gasteiger charge is 2.30. The summed E-state index contributed by atoms with van der Waals surface area (Å²) in [7, 11) is 0. The standard InChI is InChI=1S/C27H31F3N6O3/c1-15-6-21(28)19(27(39)34-16-2-3-16)8-25(15)36-12-24(32-14-36)20-7-17(9-31-26(20)30)33-23-4-5-35(11-22(23)29)10-18(38)13-37/h6-9,12,14,16,18,22-23,33,37-38H,2-5,10-11,13H2,1H3,(H,34,39)/t18-,22+,23?/m0/s1. The smallest absolute Gasteiger partial charge is 0.254 e. The molecule has 9 nitrogen and oxygen atoms in total. The summed E-state index contributed by atoms with van der Waals surface area (Å²) < 4.78 is 45.7. The number of hydrogen-bond donors (Lipinski definition) is 4. The number of alkyl halides is 1. The molecule has 3 atom stereocenters. The number of likely N-dealkylation sites (tertiary alicyclic amines) is 1. The highest BCUT2D eigenvalue weighted by molar-refractivity contribution is 5.95. The van der Waals surface area contributed by atoms with Crippen LogP contribution in [0.25, 0.3) is 16.9 Å². The molecule has 1 aliphatic carbocycles. The second kappa shape index (κ2) is 11.3. The Balaban J connectivity index is 1.32. The fraction of sp³-hybridized carbons (Fsp3) is 0.444. The van der Waals surface area contributed by atoms with Crippen molar-refractivity contribution in [3.63, 3.8) is 0 Å². The van der Waals surface area contributed by atoms with Gasteiger partial charge in [-0.3, -0.25) is 9.69 Å². The van der Waals surface area contributed by atoms with Crippen molar-refractivity contribution < 1.29 is 28.2 Å². The number of aryl methyl sites for hydroxylation is 1. The van der Waals surface area contributed by atoms with Crippen LogP contribution < -0.4 is 10.6 Å². The Hall–Kier alpha value is -3.48. The molecule has 1 unspecified atom stereocenters. The van der Waals surface area contributed by atoms with Crippen molar-refractivity contribution >= 4 is 11.6 Å². The zero-order chi connectivity index (χ0) is 27.7. The van der Waals surface area contributed by atoms with Crippen molar-refractivity contribution in [1.82, 2.24) is 24.8 Å². The van der Waals surface area contributed by atoms with Gasteiger partial charge in [0, 0.05) is 31.9 Å². The van der Waals surface area contributed by atoms with Gasteiger partial charge in [-0.2, -0.15) is 4.39 Å². The Morgan fingerprint density at radius 3 is 2.72 bits per heavy atom. The summed E-state index contributed by atoms with van der Waals surface area (Å²) in [6, 6.07) is 3.79. The minimum atomic E-state index is -1.25. The molecule has 39 heavy (non-hydrogen) atoms. The quantitative estimate of drug-likeness (QED) is 0.306. The van der Waals surface area contributed by atoms with Gasteiger partial charge in [0.15, 0.2) is 0 Å². The molecule has 12 heteroatoms. The van der Waals surface area contributed by atoms with E-state index in [-0.39, 0.29) is 42.6 Å². The second-order valence-electron chi connectivity index (χ2n) is 10.2. The van der Waals surface area contributed by atoms with E-state index in [0.29, 0.717) is 29.9 Å². The molecule has 1 saturated heterocycles. The maximum atomic E-state index is 14.8. The predicted molar refractivity (Wildman–Crippen MR) is 138 cm³/mol. The number of halogens is 3. The van der Waals surface area contributed by atoms with Crippen LogP contribution in [-0.2, 0) is 0 Å². The third-order valence-corrected chi connectivity index (χ3v) is 7.08. The number of rotatable bonds is 9. The molecule has 0 bridgehead atoms. The zero-order valence-corrected chi connectivity index (χ0v) is 21.4. The Labute approximate surface area is 223 Å². The van der Waals surface area contributed by atoms with Crippen molar-refractivity contribution in [2.45, 2.75) is 50.5 Å². The van der Waals surface area contributed by atoms with Gasteiger partial charge in [-0.05, 0) is 49.9 Å². The van der Waals surface area contributed by atoms with Crippen LogP contribution in [0.3, 0.4) is 0 Å². The summed E-state index contributed by atoms with van der Waals surface area (Å²) in [4.78, 5) is 22.4. The lowest BCUT2D eigenvalue weighted by Crippen LogP contribution is -2.50. The van der Waals surface area contributed by atoms with Gasteiger partial charge in [0.1, 0.15) is 12.0 Å². The van der Waals surface area contributed by atoms with Crippen LogP contribution in [0.1, 0.15) is 35.2 Å². The minimum absolute atomic E-state index is 0.0745. The number of β-amino-alcohol motifs (C(OH)–C–C–N with tert-alkyl or cyclic N) is 1. The molecule has 1 amide bonds. The summed E-state index contributed by atoms with van der Waals surface area (Å²) in [6.07, 6.45) is 4.34. The first-order chi connectivity index (χ1) is 18.7. The van der Waals surface area contributed by atoms with E-state index in [2.05, 4.69) is 20.6 Å². The van der Waals surface area contributed by atoms with Crippen LogP contribution in [0.15, 0.2) is 36.9 Å². The zero-order valence-electron chi connectivity index (χ0n) is 21.4. The highest BCUT2D eigenvalue weighted by Crippen LogP contribution is 2.28. The lowest BCUT2D eigenvalue weighted by Gasteiger charge is -2.36. The number of benzene rings is 1. The summed E-state index contributed by atoms with van der Waals surface area (Å²) >= 11 is 0. The van der Waals surface area contributed by atoms with Gasteiger partial charge in [-0.15, -0.1) is 0 Å². The summed E-state index contributed by atoms with van der Waals surface area (Å²) in [6.45, 7) is 2.13. The van der Waals surface area contributed by atoms with Crippen molar-refractivity contribution in [2.24, 2.45) is 0 Å². The molecule has 0 radical (unpaired) electrons. The van der Waals surface area contributed by atoms with Gasteiger partial charge in [-0.25, -0.2) is 18.7 Å². The van der Waals surface area contributed by atoms with E-state index in [1.807, 2.05) is 0 Å². The fourth-order valence-electron chi connectivity index (χ4n) is 4.77. The topological polar surface area (TPSA) is 116 Å². The largest absolute Gasteiger partial charge is 0.394 e. The molecule has 3 heterocycles. The lowest BCUT2D eigenvalue weighted by molar-refractivity contribution is 0.0365. The van der Waals surface area contributed by atoms with E-state index < -0.39 is 36.0 Å². The van der Waals surface area contributed by atoms with E-state index >= 15 is 0 Å². The third-order valence-electron chi connectivity index (χ3n) is 7.08. The van der Waals surface area contributed by atoms with Gasteiger partial charge in [0.05, 0.1) is 59.5 Å². The number of hydrogen-bond acceptors (Lipinski definition) is 7. The number of amides is 1. The molecule has 3 aromatic rings. The number of piperidine rings is 1. The van der Waals surface area contributed by atoms with Crippen LogP contribution >= 0.6 is 0 Å². The molecule has 5 rings (SSSR count). The number of aliphatic hydroxyl groups is 2. The predicted octanol–water partition coefficient (Wildman–Crippen LogP) is 2.59. The van der Waals surface area contributed by atoms with E-state index in [1.165, 1.54) is 30.7 Å². The average molecular weight is 545 g/mol. The number of anilines is 1. The number of imidazole rings is 1. The average Bonchev–Trinajstić information content (AvgIpc) is 3.58. The first-order valence-corrected chi connectivity index (χ1v) is 12.9. The van der Waals surface area contributed by atoms with E-state index in [1.54, 1.807) is 22.6 Å². The molecule has 1 aliphatic heterocycles. The third kappa shape index (κ3) is 6.23. The number of carbonyl (C=O) groups is 1. The minimum Gasteiger partial charge on any atom is -0.394 e. The molecule has 0 spiro atoms. The Morgan fingerprint density at radius 1 is 1.21 bits per heavy atom. The first-order valence-electron chi connectivity index (χ1n) is 12.9. The maximum Gasteiger partial charge on any atom is 0.254 e. The van der Waals surface area contributed by atoms with Crippen molar-refractivity contribution in [3.8, 4) is 16.9 Å². The lowest BCUT2D eigenvalue weighted by atomic mass is 10.0. The van der Waals surface area contributed by atoms with Gasteiger partial charge in [-0.1, -0.05) is 0 Å². The van der Waals surface area contributed by atoms with Crippen molar-refractivity contribution in [1.29, 1.82) is 0 Å². The Bertz CT molecular complexity index is 1350. The Morgan fingerprint density at radius 2 is 2.00 bits per heavy atom. The summed E-state index contributed by atoms with van der Waals surface area (Å²) in [5.74, 6) is -1.85. The monoisotopic (exact) mass is 544 g/mol. The molecule has 208 valence electrons. The second-order valence-corrected chi connectivity index (χ2v) is 10.2. The van der Waals surface area contributed by atoms with Crippen LogP contribution in [-0.4, -0.2) is 86.2 Å². The fourth-order valence-corrected chi connectivity index (χ4v) is 4.77. The number of carbonyl (C=O) groups excluding carboxylic acids is 1. The molecule has 2 fully saturated rings. The van der Waals surface area contributed by atoms with Crippen LogP contribution in [0.4, 0.5) is 18.9 Å². The van der Waals surface area contributed by atoms with E-state index in [4.69, 9.17) is 5.11 Å². The van der Waals surface area contributed by atoms with Crippen LogP contribution in [0, 0.1) is 18.7 Å².